The number of hydrogen-bond donors (Lipinski definition) is 2. The first kappa shape index (κ1) is 14.4. The highest BCUT2D eigenvalue weighted by atomic mass is 35.5. The van der Waals surface area contributed by atoms with Crippen LogP contribution in [0.3, 0.4) is 0 Å². The van der Waals surface area contributed by atoms with E-state index in [1.54, 1.807) is 37.3 Å². The first-order valence-corrected chi connectivity index (χ1v) is 6.44. The SMILES string of the molecule is Cc1cc(C(=O)NC(CO)c2ccc(Cl)cc2)ncn1. The number of carbonyl (C=O) groups is 1. The van der Waals surface area contributed by atoms with Crippen molar-refractivity contribution < 1.29 is 9.90 Å². The molecule has 0 aliphatic heterocycles. The molecule has 1 amide bonds. The Labute approximate surface area is 121 Å². The Kier molecular flexibility index (Phi) is 4.65. The van der Waals surface area contributed by atoms with Crippen molar-refractivity contribution in [1.82, 2.24) is 15.3 Å². The molecular weight excluding hydrogens is 278 g/mol. The zero-order valence-electron chi connectivity index (χ0n) is 10.9. The van der Waals surface area contributed by atoms with E-state index in [9.17, 15) is 9.90 Å². The molecule has 2 rings (SSSR count). The minimum absolute atomic E-state index is 0.211. The standard InChI is InChI=1S/C14H14ClN3O2/c1-9-6-12(17-8-16-9)14(20)18-13(7-19)10-2-4-11(15)5-3-10/h2-6,8,13,19H,7H2,1H3,(H,18,20). The van der Waals surface area contributed by atoms with Crippen LogP contribution < -0.4 is 5.32 Å². The van der Waals surface area contributed by atoms with Gasteiger partial charge in [-0.25, -0.2) is 9.97 Å². The van der Waals surface area contributed by atoms with Crippen molar-refractivity contribution in [2.24, 2.45) is 0 Å². The van der Waals surface area contributed by atoms with Gasteiger partial charge in [0.25, 0.3) is 5.91 Å². The second kappa shape index (κ2) is 6.45. The maximum absolute atomic E-state index is 12.1. The molecule has 1 heterocycles. The Morgan fingerprint density at radius 3 is 2.65 bits per heavy atom. The quantitative estimate of drug-likeness (QED) is 0.902. The van der Waals surface area contributed by atoms with Gasteiger partial charge in [-0.15, -0.1) is 0 Å². The van der Waals surface area contributed by atoms with Gasteiger partial charge < -0.3 is 10.4 Å². The van der Waals surface area contributed by atoms with Crippen molar-refractivity contribution in [2.45, 2.75) is 13.0 Å². The molecule has 0 saturated carbocycles. The number of aryl methyl sites for hydroxylation is 1. The molecular formula is C14H14ClN3O2. The van der Waals surface area contributed by atoms with Crippen molar-refractivity contribution in [3.63, 3.8) is 0 Å². The van der Waals surface area contributed by atoms with Crippen molar-refractivity contribution >= 4 is 17.5 Å². The summed E-state index contributed by atoms with van der Waals surface area (Å²) in [5, 5.41) is 12.7. The molecule has 20 heavy (non-hydrogen) atoms. The number of hydrogen-bond acceptors (Lipinski definition) is 4. The minimum atomic E-state index is -0.505. The van der Waals surface area contributed by atoms with Crippen LogP contribution in [0, 0.1) is 6.92 Å². The van der Waals surface area contributed by atoms with Crippen LogP contribution in [-0.2, 0) is 0 Å². The van der Waals surface area contributed by atoms with E-state index < -0.39 is 6.04 Å². The van der Waals surface area contributed by atoms with Gasteiger partial charge in [-0.05, 0) is 30.7 Å². The molecule has 6 heteroatoms. The number of rotatable bonds is 4. The predicted molar refractivity (Wildman–Crippen MR) is 75.5 cm³/mol. The lowest BCUT2D eigenvalue weighted by Gasteiger charge is -2.16. The van der Waals surface area contributed by atoms with E-state index in [1.165, 1.54) is 6.33 Å². The largest absolute Gasteiger partial charge is 0.394 e. The van der Waals surface area contributed by atoms with E-state index in [4.69, 9.17) is 11.6 Å². The van der Waals surface area contributed by atoms with Crippen LogP contribution in [0.4, 0.5) is 0 Å². The molecule has 1 atom stereocenters. The zero-order valence-corrected chi connectivity index (χ0v) is 11.6. The molecule has 2 N–H and O–H groups in total. The smallest absolute Gasteiger partial charge is 0.270 e. The van der Waals surface area contributed by atoms with E-state index in [1.807, 2.05) is 0 Å². The fraction of sp³-hybridized carbons (Fsp3) is 0.214. The molecule has 2 aromatic rings. The summed E-state index contributed by atoms with van der Waals surface area (Å²) in [6, 6.07) is 8.02. The van der Waals surface area contributed by atoms with Crippen LogP contribution in [0.25, 0.3) is 0 Å². The van der Waals surface area contributed by atoms with Crippen LogP contribution in [0.5, 0.6) is 0 Å². The lowest BCUT2D eigenvalue weighted by Crippen LogP contribution is -2.31. The second-order valence-electron chi connectivity index (χ2n) is 4.30. The number of amides is 1. The van der Waals surface area contributed by atoms with Gasteiger partial charge in [-0.2, -0.15) is 0 Å². The number of benzene rings is 1. The molecule has 0 aliphatic rings. The molecule has 1 unspecified atom stereocenters. The highest BCUT2D eigenvalue weighted by Crippen LogP contribution is 2.16. The van der Waals surface area contributed by atoms with Crippen LogP contribution in [-0.4, -0.2) is 27.6 Å². The Morgan fingerprint density at radius 2 is 2.05 bits per heavy atom. The Hall–Kier alpha value is -1.98. The normalized spacial score (nSPS) is 11.9. The first-order valence-electron chi connectivity index (χ1n) is 6.06. The van der Waals surface area contributed by atoms with Crippen molar-refractivity contribution in [1.29, 1.82) is 0 Å². The summed E-state index contributed by atoms with van der Waals surface area (Å²) in [5.74, 6) is -0.357. The number of aromatic nitrogens is 2. The average molecular weight is 292 g/mol. The van der Waals surface area contributed by atoms with Gasteiger partial charge in [0.05, 0.1) is 12.6 Å². The molecule has 104 valence electrons. The van der Waals surface area contributed by atoms with Crippen LogP contribution in [0.2, 0.25) is 5.02 Å². The molecule has 0 spiro atoms. The van der Waals surface area contributed by atoms with E-state index >= 15 is 0 Å². The van der Waals surface area contributed by atoms with E-state index in [0.29, 0.717) is 10.7 Å². The maximum Gasteiger partial charge on any atom is 0.270 e. The number of carbonyl (C=O) groups excluding carboxylic acids is 1. The number of aliphatic hydroxyl groups is 1. The van der Waals surface area contributed by atoms with Crippen molar-refractivity contribution in [3.8, 4) is 0 Å². The molecule has 5 nitrogen and oxygen atoms in total. The Morgan fingerprint density at radius 1 is 1.35 bits per heavy atom. The Balaban J connectivity index is 2.14. The third-order valence-corrected chi connectivity index (χ3v) is 3.05. The topological polar surface area (TPSA) is 75.1 Å². The second-order valence-corrected chi connectivity index (χ2v) is 4.74. The van der Waals surface area contributed by atoms with Crippen LogP contribution in [0.15, 0.2) is 36.7 Å². The fourth-order valence-electron chi connectivity index (χ4n) is 1.74. The summed E-state index contributed by atoms with van der Waals surface area (Å²) in [6.45, 7) is 1.57. The van der Waals surface area contributed by atoms with Crippen LogP contribution >= 0.6 is 11.6 Å². The first-order chi connectivity index (χ1) is 9.60. The molecule has 0 fully saturated rings. The summed E-state index contributed by atoms with van der Waals surface area (Å²) in [6.07, 6.45) is 1.33. The molecule has 0 aliphatic carbocycles. The Bertz CT molecular complexity index is 602. The monoisotopic (exact) mass is 291 g/mol. The zero-order chi connectivity index (χ0) is 14.5. The summed E-state index contributed by atoms with van der Waals surface area (Å²) >= 11 is 5.81. The molecule has 1 aromatic heterocycles. The highest BCUT2D eigenvalue weighted by molar-refractivity contribution is 6.30. The average Bonchev–Trinajstić information content (AvgIpc) is 2.45. The molecule has 1 aromatic carbocycles. The van der Waals surface area contributed by atoms with Gasteiger partial charge in [0.1, 0.15) is 12.0 Å². The number of nitrogens with zero attached hydrogens (tertiary/aromatic N) is 2. The fourth-order valence-corrected chi connectivity index (χ4v) is 1.87. The molecule has 0 saturated heterocycles. The van der Waals surface area contributed by atoms with Gasteiger partial charge in [-0.1, -0.05) is 23.7 Å². The van der Waals surface area contributed by atoms with E-state index in [2.05, 4.69) is 15.3 Å². The van der Waals surface area contributed by atoms with E-state index in [0.717, 1.165) is 5.56 Å². The highest BCUT2D eigenvalue weighted by Gasteiger charge is 2.16. The van der Waals surface area contributed by atoms with Crippen LogP contribution in [0.1, 0.15) is 27.8 Å². The van der Waals surface area contributed by atoms with Gasteiger partial charge in [0.15, 0.2) is 0 Å². The van der Waals surface area contributed by atoms with E-state index in [-0.39, 0.29) is 18.2 Å². The summed E-state index contributed by atoms with van der Waals surface area (Å²) in [4.78, 5) is 19.9. The van der Waals surface area contributed by atoms with Crippen molar-refractivity contribution in [3.05, 3.63) is 58.6 Å². The maximum atomic E-state index is 12.1. The lowest BCUT2D eigenvalue weighted by atomic mass is 10.1. The van der Waals surface area contributed by atoms with Gasteiger partial charge in [0, 0.05) is 10.7 Å². The van der Waals surface area contributed by atoms with Gasteiger partial charge in [-0.3, -0.25) is 4.79 Å². The van der Waals surface area contributed by atoms with Gasteiger partial charge in [0.2, 0.25) is 0 Å². The third-order valence-electron chi connectivity index (χ3n) is 2.80. The lowest BCUT2D eigenvalue weighted by molar-refractivity contribution is 0.0911. The summed E-state index contributed by atoms with van der Waals surface area (Å²) in [7, 11) is 0. The number of halogens is 1. The number of aliphatic hydroxyl groups excluding tert-OH is 1. The molecule has 0 radical (unpaired) electrons. The van der Waals surface area contributed by atoms with Crippen molar-refractivity contribution in [2.75, 3.05) is 6.61 Å². The summed E-state index contributed by atoms with van der Waals surface area (Å²) < 4.78 is 0. The van der Waals surface area contributed by atoms with Gasteiger partial charge >= 0.3 is 0 Å². The molecule has 0 bridgehead atoms. The minimum Gasteiger partial charge on any atom is -0.394 e. The number of nitrogens with one attached hydrogen (secondary N) is 1. The predicted octanol–water partition coefficient (Wildman–Crippen LogP) is 1.90. The third kappa shape index (κ3) is 3.53. The summed E-state index contributed by atoms with van der Waals surface area (Å²) in [5.41, 5.74) is 1.75.